The maximum atomic E-state index is 12.6. The van der Waals surface area contributed by atoms with Crippen molar-refractivity contribution >= 4 is 29.0 Å². The van der Waals surface area contributed by atoms with Gasteiger partial charge in [-0.2, -0.15) is 0 Å². The summed E-state index contributed by atoms with van der Waals surface area (Å²) in [6.45, 7) is 2.23. The number of nitrogens with one attached hydrogen (secondary N) is 1. The van der Waals surface area contributed by atoms with Crippen LogP contribution in [0.5, 0.6) is 0 Å². The number of carbonyl (C=O) groups is 1. The molecule has 2 aromatic heterocycles. The van der Waals surface area contributed by atoms with Crippen LogP contribution in [-0.2, 0) is 4.79 Å². The summed E-state index contributed by atoms with van der Waals surface area (Å²) in [6.07, 6.45) is 10.9. The molecule has 3 heterocycles. The Labute approximate surface area is 192 Å². The number of pyridine rings is 1. The molecule has 1 saturated carbocycles. The minimum Gasteiger partial charge on any atom is -0.372 e. The first kappa shape index (κ1) is 21.0. The lowest BCUT2D eigenvalue weighted by atomic mass is 10.2. The lowest BCUT2D eigenvalue weighted by Gasteiger charge is -2.22. The summed E-state index contributed by atoms with van der Waals surface area (Å²) >= 11 is 1.44. The largest absolute Gasteiger partial charge is 0.372 e. The molecule has 1 aliphatic carbocycles. The van der Waals surface area contributed by atoms with Crippen LogP contribution in [0.3, 0.4) is 0 Å². The Morgan fingerprint density at radius 2 is 1.81 bits per heavy atom. The lowest BCUT2D eigenvalue weighted by molar-refractivity contribution is -0.113. The third-order valence-electron chi connectivity index (χ3n) is 5.95. The molecular formula is C24H28N6OS. The number of nitrogens with zero attached hydrogens (tertiary/aromatic N) is 5. The van der Waals surface area contributed by atoms with Crippen molar-refractivity contribution in [1.82, 2.24) is 19.7 Å². The number of carbonyl (C=O) groups excluding carboxylic acids is 1. The number of hydrogen-bond acceptors (Lipinski definition) is 6. The first-order valence-electron chi connectivity index (χ1n) is 11.4. The summed E-state index contributed by atoms with van der Waals surface area (Å²) in [5.41, 5.74) is 3.02. The van der Waals surface area contributed by atoms with Crippen molar-refractivity contribution in [3.63, 3.8) is 0 Å². The highest BCUT2D eigenvalue weighted by molar-refractivity contribution is 7.99. The predicted molar refractivity (Wildman–Crippen MR) is 128 cm³/mol. The van der Waals surface area contributed by atoms with E-state index in [9.17, 15) is 4.79 Å². The zero-order chi connectivity index (χ0) is 21.8. The van der Waals surface area contributed by atoms with Gasteiger partial charge in [-0.15, -0.1) is 10.2 Å². The van der Waals surface area contributed by atoms with Crippen molar-refractivity contribution in [3.05, 3.63) is 48.8 Å². The standard InChI is InChI=1S/C24H28N6OS/c31-22(26-19-7-9-20(10-8-19)29-14-3-1-2-4-15-29)17-32-24-28-27-23(30(24)21-11-12-21)18-6-5-13-25-16-18/h5-10,13,16,21H,1-4,11-12,14-15,17H2,(H,26,31). The minimum atomic E-state index is -0.0363. The van der Waals surface area contributed by atoms with Crippen molar-refractivity contribution < 1.29 is 4.79 Å². The van der Waals surface area contributed by atoms with E-state index in [-0.39, 0.29) is 5.91 Å². The number of benzene rings is 1. The van der Waals surface area contributed by atoms with Crippen molar-refractivity contribution in [2.45, 2.75) is 49.7 Å². The normalized spacial score (nSPS) is 16.6. The molecule has 166 valence electrons. The van der Waals surface area contributed by atoms with E-state index in [0.29, 0.717) is 11.8 Å². The first-order chi connectivity index (χ1) is 15.8. The number of thioether (sulfide) groups is 1. The van der Waals surface area contributed by atoms with Gasteiger partial charge in [-0.1, -0.05) is 24.6 Å². The van der Waals surface area contributed by atoms with Gasteiger partial charge in [0.1, 0.15) is 0 Å². The number of aromatic nitrogens is 4. The minimum absolute atomic E-state index is 0.0363. The van der Waals surface area contributed by atoms with Crippen LogP contribution >= 0.6 is 11.8 Å². The van der Waals surface area contributed by atoms with E-state index in [1.807, 2.05) is 24.3 Å². The number of amides is 1. The molecule has 0 unspecified atom stereocenters. The molecule has 1 amide bonds. The molecule has 1 aromatic carbocycles. The number of hydrogen-bond donors (Lipinski definition) is 1. The molecule has 2 fully saturated rings. The molecular weight excluding hydrogens is 420 g/mol. The van der Waals surface area contributed by atoms with Crippen LogP contribution in [0.25, 0.3) is 11.4 Å². The lowest BCUT2D eigenvalue weighted by Crippen LogP contribution is -2.23. The monoisotopic (exact) mass is 448 g/mol. The summed E-state index contributed by atoms with van der Waals surface area (Å²) in [6, 6.07) is 12.5. The second kappa shape index (κ2) is 9.73. The zero-order valence-electron chi connectivity index (χ0n) is 18.1. The first-order valence-corrected chi connectivity index (χ1v) is 12.4. The Morgan fingerprint density at radius 1 is 1.03 bits per heavy atom. The van der Waals surface area contributed by atoms with Crippen LogP contribution < -0.4 is 10.2 Å². The number of rotatable bonds is 7. The van der Waals surface area contributed by atoms with Gasteiger partial charge in [0.2, 0.25) is 5.91 Å². The Balaban J connectivity index is 1.20. The molecule has 3 aromatic rings. The highest BCUT2D eigenvalue weighted by atomic mass is 32.2. The molecule has 32 heavy (non-hydrogen) atoms. The van der Waals surface area contributed by atoms with Crippen molar-refractivity contribution in [3.8, 4) is 11.4 Å². The number of anilines is 2. The quantitative estimate of drug-likeness (QED) is 0.524. The SMILES string of the molecule is O=C(CSc1nnc(-c2cccnc2)n1C1CC1)Nc1ccc(N2CCCCCC2)cc1. The van der Waals surface area contributed by atoms with E-state index in [2.05, 4.69) is 42.1 Å². The maximum absolute atomic E-state index is 12.6. The van der Waals surface area contributed by atoms with Gasteiger partial charge < -0.3 is 10.2 Å². The smallest absolute Gasteiger partial charge is 0.234 e. The summed E-state index contributed by atoms with van der Waals surface area (Å²) in [5, 5.41) is 12.6. The topological polar surface area (TPSA) is 75.9 Å². The van der Waals surface area contributed by atoms with Crippen molar-refractivity contribution in [1.29, 1.82) is 0 Å². The Bertz CT molecular complexity index is 1040. The third kappa shape index (κ3) is 4.96. The van der Waals surface area contributed by atoms with Gasteiger partial charge in [0, 0.05) is 48.5 Å². The van der Waals surface area contributed by atoms with Crippen LogP contribution in [0.1, 0.15) is 44.6 Å². The second-order valence-electron chi connectivity index (χ2n) is 8.43. The van der Waals surface area contributed by atoms with Crippen LogP contribution in [0.2, 0.25) is 0 Å². The molecule has 0 radical (unpaired) electrons. The van der Waals surface area contributed by atoms with E-state index in [4.69, 9.17) is 0 Å². The van der Waals surface area contributed by atoms with Gasteiger partial charge in [-0.05, 0) is 62.1 Å². The van der Waals surface area contributed by atoms with Crippen LogP contribution in [-0.4, -0.2) is 44.5 Å². The summed E-state index contributed by atoms with van der Waals surface area (Å²) < 4.78 is 2.16. The van der Waals surface area contributed by atoms with Gasteiger partial charge in [0.25, 0.3) is 0 Å². The highest BCUT2D eigenvalue weighted by Crippen LogP contribution is 2.40. The van der Waals surface area contributed by atoms with Crippen LogP contribution in [0.4, 0.5) is 11.4 Å². The van der Waals surface area contributed by atoms with Crippen molar-refractivity contribution in [2.75, 3.05) is 29.1 Å². The molecule has 0 atom stereocenters. The fourth-order valence-corrected chi connectivity index (χ4v) is 4.95. The third-order valence-corrected chi connectivity index (χ3v) is 6.89. The van der Waals surface area contributed by atoms with Gasteiger partial charge >= 0.3 is 0 Å². The molecule has 0 bridgehead atoms. The van der Waals surface area contributed by atoms with E-state index in [1.165, 1.54) is 43.1 Å². The molecule has 1 N–H and O–H groups in total. The fourth-order valence-electron chi connectivity index (χ4n) is 4.14. The van der Waals surface area contributed by atoms with Crippen LogP contribution in [0.15, 0.2) is 53.9 Å². The molecule has 2 aliphatic rings. The average Bonchev–Trinajstić information content (AvgIpc) is 3.63. The van der Waals surface area contributed by atoms with Gasteiger partial charge in [-0.3, -0.25) is 14.3 Å². The van der Waals surface area contributed by atoms with Crippen LogP contribution in [0, 0.1) is 0 Å². The molecule has 0 spiro atoms. The summed E-state index contributed by atoms with van der Waals surface area (Å²) in [5.74, 6) is 1.09. The van der Waals surface area contributed by atoms with E-state index < -0.39 is 0 Å². The maximum Gasteiger partial charge on any atom is 0.234 e. The summed E-state index contributed by atoms with van der Waals surface area (Å²) in [7, 11) is 0. The Morgan fingerprint density at radius 3 is 2.50 bits per heavy atom. The predicted octanol–water partition coefficient (Wildman–Crippen LogP) is 4.79. The van der Waals surface area contributed by atoms with Gasteiger partial charge in [-0.25, -0.2) is 0 Å². The molecule has 8 heteroatoms. The second-order valence-corrected chi connectivity index (χ2v) is 9.38. The van der Waals surface area contributed by atoms with Gasteiger partial charge in [0.05, 0.1) is 5.75 Å². The van der Waals surface area contributed by atoms with E-state index in [1.54, 1.807) is 12.4 Å². The van der Waals surface area contributed by atoms with E-state index >= 15 is 0 Å². The van der Waals surface area contributed by atoms with Gasteiger partial charge in [0.15, 0.2) is 11.0 Å². The van der Waals surface area contributed by atoms with Crippen molar-refractivity contribution in [2.24, 2.45) is 0 Å². The fraction of sp³-hybridized carbons (Fsp3) is 0.417. The molecule has 7 nitrogen and oxygen atoms in total. The Kier molecular flexibility index (Phi) is 6.39. The zero-order valence-corrected chi connectivity index (χ0v) is 18.9. The highest BCUT2D eigenvalue weighted by Gasteiger charge is 2.30. The average molecular weight is 449 g/mol. The summed E-state index contributed by atoms with van der Waals surface area (Å²) in [4.78, 5) is 19.2. The Hall–Kier alpha value is -2.87. The molecule has 1 saturated heterocycles. The molecule has 5 rings (SSSR count). The van der Waals surface area contributed by atoms with E-state index in [0.717, 1.165) is 48.2 Å². The molecule has 1 aliphatic heterocycles.